The lowest BCUT2D eigenvalue weighted by atomic mass is 9.83. The molecule has 0 amide bonds. The molecule has 0 radical (unpaired) electrons. The van der Waals surface area contributed by atoms with Crippen LogP contribution in [0.15, 0.2) is 42.5 Å². The van der Waals surface area contributed by atoms with Crippen molar-refractivity contribution in [3.63, 3.8) is 0 Å². The van der Waals surface area contributed by atoms with Crippen molar-refractivity contribution in [1.29, 1.82) is 0 Å². The number of carbonyl (C=O) groups is 1. The lowest BCUT2D eigenvalue weighted by molar-refractivity contribution is -0.145. The number of hydrogen-bond acceptors (Lipinski definition) is 3. The van der Waals surface area contributed by atoms with E-state index in [9.17, 15) is 4.79 Å². The summed E-state index contributed by atoms with van der Waals surface area (Å²) in [5.41, 5.74) is 1.17. The Labute approximate surface area is 132 Å². The van der Waals surface area contributed by atoms with E-state index in [4.69, 9.17) is 15.9 Å². The minimum atomic E-state index is -0.167. The van der Waals surface area contributed by atoms with Gasteiger partial charge < -0.3 is 9.47 Å². The van der Waals surface area contributed by atoms with Crippen LogP contribution in [0.25, 0.3) is 0 Å². The van der Waals surface area contributed by atoms with E-state index < -0.39 is 0 Å². The van der Waals surface area contributed by atoms with Gasteiger partial charge >= 0.3 is 5.97 Å². The number of carbonyl (C=O) groups excluding carboxylic acids is 1. The maximum absolute atomic E-state index is 11.5. The molecule has 3 heteroatoms. The van der Waals surface area contributed by atoms with Gasteiger partial charge in [-0.1, -0.05) is 42.5 Å². The van der Waals surface area contributed by atoms with Gasteiger partial charge in [0.15, 0.2) is 0 Å². The maximum Gasteiger partial charge on any atom is 0.305 e. The van der Waals surface area contributed by atoms with Crippen molar-refractivity contribution in [1.82, 2.24) is 0 Å². The molecule has 0 spiro atoms. The molecule has 0 heterocycles. The van der Waals surface area contributed by atoms with E-state index in [1.165, 1.54) is 5.56 Å². The second-order valence-electron chi connectivity index (χ2n) is 5.45. The Balaban J connectivity index is 1.59. The SMILES string of the molecule is C#CCCCC(=O)OC[C@H]1C=C[C@H]1COCc1ccccc1. The molecule has 0 N–H and O–H groups in total. The average molecular weight is 298 g/mol. The van der Waals surface area contributed by atoms with E-state index in [-0.39, 0.29) is 11.9 Å². The fourth-order valence-corrected chi connectivity index (χ4v) is 2.27. The van der Waals surface area contributed by atoms with Gasteiger partial charge in [-0.05, 0) is 12.0 Å². The summed E-state index contributed by atoms with van der Waals surface area (Å²) < 4.78 is 11.0. The number of terminal acetylenes is 1. The molecule has 116 valence electrons. The van der Waals surface area contributed by atoms with Crippen molar-refractivity contribution in [2.75, 3.05) is 13.2 Å². The van der Waals surface area contributed by atoms with Crippen LogP contribution in [0.5, 0.6) is 0 Å². The normalized spacial score (nSPS) is 19.2. The van der Waals surface area contributed by atoms with Gasteiger partial charge in [-0.3, -0.25) is 4.79 Å². The van der Waals surface area contributed by atoms with Gasteiger partial charge in [0.05, 0.1) is 19.8 Å². The lowest BCUT2D eigenvalue weighted by Crippen LogP contribution is -2.28. The maximum atomic E-state index is 11.5. The predicted molar refractivity (Wildman–Crippen MR) is 85.9 cm³/mol. The summed E-state index contributed by atoms with van der Waals surface area (Å²) in [5, 5.41) is 0. The van der Waals surface area contributed by atoms with E-state index in [0.29, 0.717) is 45.0 Å². The van der Waals surface area contributed by atoms with Crippen LogP contribution in [0.4, 0.5) is 0 Å². The topological polar surface area (TPSA) is 35.5 Å². The summed E-state index contributed by atoms with van der Waals surface area (Å²) in [7, 11) is 0. The molecule has 1 aliphatic carbocycles. The molecule has 0 aromatic heterocycles. The van der Waals surface area contributed by atoms with E-state index in [1.54, 1.807) is 0 Å². The zero-order valence-corrected chi connectivity index (χ0v) is 12.7. The third-order valence-electron chi connectivity index (χ3n) is 3.72. The average Bonchev–Trinajstić information content (AvgIpc) is 2.52. The van der Waals surface area contributed by atoms with E-state index >= 15 is 0 Å². The Morgan fingerprint density at radius 3 is 2.55 bits per heavy atom. The second-order valence-corrected chi connectivity index (χ2v) is 5.45. The van der Waals surface area contributed by atoms with E-state index in [0.717, 1.165) is 0 Å². The second kappa shape index (κ2) is 9.07. The zero-order valence-electron chi connectivity index (χ0n) is 12.7. The van der Waals surface area contributed by atoms with Crippen molar-refractivity contribution in [3.8, 4) is 12.3 Å². The molecule has 0 fully saturated rings. The summed E-state index contributed by atoms with van der Waals surface area (Å²) in [4.78, 5) is 11.5. The number of esters is 1. The number of rotatable bonds is 9. The first-order chi connectivity index (χ1) is 10.8. The van der Waals surface area contributed by atoms with Gasteiger partial charge in [-0.25, -0.2) is 0 Å². The first-order valence-electron chi connectivity index (χ1n) is 7.68. The molecule has 0 bridgehead atoms. The highest BCUT2D eigenvalue weighted by Gasteiger charge is 2.25. The summed E-state index contributed by atoms with van der Waals surface area (Å²) in [5.74, 6) is 2.96. The van der Waals surface area contributed by atoms with Gasteiger partial charge in [-0.2, -0.15) is 0 Å². The first-order valence-corrected chi connectivity index (χ1v) is 7.68. The summed E-state index contributed by atoms with van der Waals surface area (Å²) in [6.45, 7) is 1.71. The van der Waals surface area contributed by atoms with Crippen LogP contribution in [-0.4, -0.2) is 19.2 Å². The first kappa shape index (κ1) is 16.3. The van der Waals surface area contributed by atoms with Crippen molar-refractivity contribution in [2.24, 2.45) is 11.8 Å². The molecule has 1 aromatic carbocycles. The Morgan fingerprint density at radius 2 is 1.86 bits per heavy atom. The minimum Gasteiger partial charge on any atom is -0.465 e. The number of hydrogen-bond donors (Lipinski definition) is 0. The van der Waals surface area contributed by atoms with Crippen molar-refractivity contribution in [3.05, 3.63) is 48.0 Å². The molecule has 3 nitrogen and oxygen atoms in total. The number of unbranched alkanes of at least 4 members (excludes halogenated alkanes) is 1. The summed E-state index contributed by atoms with van der Waals surface area (Å²) >= 11 is 0. The Hall–Kier alpha value is -2.05. The fourth-order valence-electron chi connectivity index (χ4n) is 2.27. The van der Waals surface area contributed by atoms with Crippen molar-refractivity contribution >= 4 is 5.97 Å². The molecule has 22 heavy (non-hydrogen) atoms. The minimum absolute atomic E-state index is 0.167. The largest absolute Gasteiger partial charge is 0.465 e. The molecule has 0 saturated heterocycles. The lowest BCUT2D eigenvalue weighted by Gasteiger charge is -2.28. The van der Waals surface area contributed by atoms with Gasteiger partial charge in [0.2, 0.25) is 0 Å². The van der Waals surface area contributed by atoms with Crippen LogP contribution in [0, 0.1) is 24.2 Å². The standard InChI is InChI=1S/C19H22O3/c1-2-3-5-10-19(20)22-15-18-12-11-17(18)14-21-13-16-8-6-4-7-9-16/h1,4,6-9,11-12,17-18H,3,5,10,13-15H2/t17-,18+/m0/s1. The fraction of sp³-hybridized carbons (Fsp3) is 0.421. The molecule has 0 aliphatic heterocycles. The Bertz CT molecular complexity index is 527. The van der Waals surface area contributed by atoms with Crippen LogP contribution in [0.3, 0.4) is 0 Å². The molecular formula is C19H22O3. The third kappa shape index (κ3) is 5.38. The van der Waals surface area contributed by atoms with Gasteiger partial charge in [0.1, 0.15) is 0 Å². The van der Waals surface area contributed by atoms with Crippen molar-refractivity contribution < 1.29 is 14.3 Å². The summed E-state index contributed by atoms with van der Waals surface area (Å²) in [6.07, 6.45) is 11.0. The molecule has 2 rings (SSSR count). The highest BCUT2D eigenvalue weighted by Crippen LogP contribution is 2.26. The molecule has 1 aliphatic rings. The molecule has 0 saturated carbocycles. The Kier molecular flexibility index (Phi) is 6.73. The van der Waals surface area contributed by atoms with Crippen LogP contribution in [0.1, 0.15) is 24.8 Å². The van der Waals surface area contributed by atoms with Crippen LogP contribution < -0.4 is 0 Å². The van der Waals surface area contributed by atoms with Gasteiger partial charge in [0, 0.05) is 24.7 Å². The Morgan fingerprint density at radius 1 is 1.14 bits per heavy atom. The highest BCUT2D eigenvalue weighted by atomic mass is 16.5. The van der Waals surface area contributed by atoms with Gasteiger partial charge in [-0.15, -0.1) is 12.3 Å². The van der Waals surface area contributed by atoms with E-state index in [1.807, 2.05) is 30.3 Å². The van der Waals surface area contributed by atoms with Crippen molar-refractivity contribution in [2.45, 2.75) is 25.9 Å². The number of ether oxygens (including phenoxy) is 2. The highest BCUT2D eigenvalue weighted by molar-refractivity contribution is 5.69. The van der Waals surface area contributed by atoms with Crippen LogP contribution in [0.2, 0.25) is 0 Å². The van der Waals surface area contributed by atoms with Crippen LogP contribution >= 0.6 is 0 Å². The third-order valence-corrected chi connectivity index (χ3v) is 3.72. The molecule has 0 unspecified atom stereocenters. The molecular weight excluding hydrogens is 276 g/mol. The predicted octanol–water partition coefficient (Wildman–Crippen LogP) is 3.35. The van der Waals surface area contributed by atoms with Crippen LogP contribution in [-0.2, 0) is 20.9 Å². The molecule has 2 atom stereocenters. The smallest absolute Gasteiger partial charge is 0.305 e. The van der Waals surface area contributed by atoms with Gasteiger partial charge in [0.25, 0.3) is 0 Å². The zero-order chi connectivity index (χ0) is 15.6. The summed E-state index contributed by atoms with van der Waals surface area (Å²) in [6, 6.07) is 10.1. The molecule has 1 aromatic rings. The quantitative estimate of drug-likeness (QED) is 0.303. The van der Waals surface area contributed by atoms with E-state index in [2.05, 4.69) is 18.1 Å². The number of benzene rings is 1. The monoisotopic (exact) mass is 298 g/mol.